The van der Waals surface area contributed by atoms with Crippen molar-refractivity contribution < 1.29 is 4.74 Å². The summed E-state index contributed by atoms with van der Waals surface area (Å²) in [6.45, 7) is 0. The number of anilines is 1. The Hall–Kier alpha value is -1.83. The van der Waals surface area contributed by atoms with Crippen LogP contribution in [0.3, 0.4) is 0 Å². The van der Waals surface area contributed by atoms with Crippen molar-refractivity contribution in [3.05, 3.63) is 35.7 Å². The largest absolute Gasteiger partial charge is 0.497 e. The first-order chi connectivity index (χ1) is 9.80. The lowest BCUT2D eigenvalue weighted by Crippen LogP contribution is -2.10. The number of hydrogen-bond acceptors (Lipinski definition) is 7. The molecule has 0 aliphatic carbocycles. The number of methoxy groups -OCH3 is 1. The number of aromatic nitrogens is 2. The lowest BCUT2D eigenvalue weighted by Gasteiger charge is -2.06. The number of benzene rings is 1. The molecular formula is C13H12N4OS2. The van der Waals surface area contributed by atoms with Gasteiger partial charge < -0.3 is 4.74 Å². The summed E-state index contributed by atoms with van der Waals surface area (Å²) in [5, 5.41) is 3.90. The van der Waals surface area contributed by atoms with Gasteiger partial charge in [0.05, 0.1) is 7.11 Å². The summed E-state index contributed by atoms with van der Waals surface area (Å²) < 4.78 is 5.23. The molecule has 0 unspecified atom stereocenters. The lowest BCUT2D eigenvalue weighted by atomic mass is 10.3. The van der Waals surface area contributed by atoms with Crippen molar-refractivity contribution in [2.75, 3.05) is 12.5 Å². The van der Waals surface area contributed by atoms with E-state index in [-0.39, 0.29) is 0 Å². The van der Waals surface area contributed by atoms with Crippen LogP contribution < -0.4 is 16.0 Å². The molecule has 5 nitrogen and oxygen atoms in total. The van der Waals surface area contributed by atoms with Crippen LogP contribution in [-0.2, 0) is 0 Å². The highest BCUT2D eigenvalue weighted by atomic mass is 32.2. The van der Waals surface area contributed by atoms with Gasteiger partial charge in [-0.2, -0.15) is 0 Å². The van der Waals surface area contributed by atoms with Crippen molar-refractivity contribution >= 4 is 39.3 Å². The molecule has 0 atom stereocenters. The summed E-state index contributed by atoms with van der Waals surface area (Å²) >= 11 is 3.13. The molecule has 102 valence electrons. The molecule has 20 heavy (non-hydrogen) atoms. The van der Waals surface area contributed by atoms with Crippen LogP contribution in [0.15, 0.2) is 45.6 Å². The zero-order valence-electron chi connectivity index (χ0n) is 10.7. The van der Waals surface area contributed by atoms with Crippen LogP contribution in [0.5, 0.6) is 5.75 Å². The Kier molecular flexibility index (Phi) is 3.72. The van der Waals surface area contributed by atoms with Crippen LogP contribution in [0.4, 0.5) is 5.95 Å². The number of nitrogen functional groups attached to an aromatic ring is 1. The number of ether oxygens (including phenoxy) is 1. The third-order valence-electron chi connectivity index (χ3n) is 2.67. The Morgan fingerprint density at radius 3 is 3.00 bits per heavy atom. The Morgan fingerprint density at radius 2 is 2.20 bits per heavy atom. The number of nitrogens with zero attached hydrogens (tertiary/aromatic N) is 2. The average molecular weight is 304 g/mol. The molecular weight excluding hydrogens is 292 g/mol. The Balaban J connectivity index is 2.02. The van der Waals surface area contributed by atoms with E-state index in [1.54, 1.807) is 30.2 Å². The number of hydrogen-bond donors (Lipinski definition) is 2. The highest BCUT2D eigenvalue weighted by Gasteiger charge is 2.10. The summed E-state index contributed by atoms with van der Waals surface area (Å²) in [7, 11) is 1.65. The Bertz CT molecular complexity index is 744. The minimum atomic E-state index is 0.422. The van der Waals surface area contributed by atoms with Gasteiger partial charge in [0.2, 0.25) is 5.95 Å². The van der Waals surface area contributed by atoms with Crippen LogP contribution in [0, 0.1) is 0 Å². The number of rotatable bonds is 4. The first-order valence-electron chi connectivity index (χ1n) is 5.84. The fraction of sp³-hybridized carbons (Fsp3) is 0.0769. The van der Waals surface area contributed by atoms with E-state index < -0.39 is 0 Å². The molecule has 0 aliphatic rings. The highest BCUT2D eigenvalue weighted by Crippen LogP contribution is 2.35. The number of fused-ring (bicyclic) bond motifs is 1. The zero-order chi connectivity index (χ0) is 13.9. The van der Waals surface area contributed by atoms with Crippen molar-refractivity contribution in [1.29, 1.82) is 0 Å². The molecule has 0 bridgehead atoms. The molecule has 0 saturated heterocycles. The predicted molar refractivity (Wildman–Crippen MR) is 82.3 cm³/mol. The summed E-state index contributed by atoms with van der Waals surface area (Å²) in [5.41, 5.74) is 2.50. The van der Waals surface area contributed by atoms with Gasteiger partial charge >= 0.3 is 0 Å². The maximum absolute atomic E-state index is 5.42. The van der Waals surface area contributed by atoms with Gasteiger partial charge in [0.25, 0.3) is 0 Å². The molecule has 1 aromatic carbocycles. The van der Waals surface area contributed by atoms with Gasteiger partial charge in [-0.15, -0.1) is 11.3 Å². The van der Waals surface area contributed by atoms with Gasteiger partial charge in [-0.3, -0.25) is 5.43 Å². The van der Waals surface area contributed by atoms with E-state index in [1.165, 1.54) is 0 Å². The molecule has 2 heterocycles. The third kappa shape index (κ3) is 2.55. The van der Waals surface area contributed by atoms with E-state index in [1.807, 2.05) is 35.7 Å². The van der Waals surface area contributed by atoms with E-state index in [9.17, 15) is 0 Å². The Morgan fingerprint density at radius 1 is 1.30 bits per heavy atom. The number of nitrogens with two attached hydrogens (primary N) is 1. The normalized spacial score (nSPS) is 10.7. The third-order valence-corrected chi connectivity index (χ3v) is 4.48. The summed E-state index contributed by atoms with van der Waals surface area (Å²) in [4.78, 5) is 10.7. The quantitative estimate of drug-likeness (QED) is 0.438. The van der Waals surface area contributed by atoms with Crippen molar-refractivity contribution in [2.45, 2.75) is 9.92 Å². The van der Waals surface area contributed by atoms with E-state index in [4.69, 9.17) is 10.6 Å². The van der Waals surface area contributed by atoms with Gasteiger partial charge in [-0.05, 0) is 29.6 Å². The van der Waals surface area contributed by atoms with Crippen LogP contribution in [0.2, 0.25) is 0 Å². The monoisotopic (exact) mass is 304 g/mol. The van der Waals surface area contributed by atoms with Crippen molar-refractivity contribution in [3.8, 4) is 5.75 Å². The topological polar surface area (TPSA) is 73.1 Å². The first-order valence-corrected chi connectivity index (χ1v) is 7.53. The van der Waals surface area contributed by atoms with Gasteiger partial charge in [0, 0.05) is 10.3 Å². The second-order valence-corrected chi connectivity index (χ2v) is 5.87. The molecule has 2 aromatic heterocycles. The summed E-state index contributed by atoms with van der Waals surface area (Å²) in [6, 6.07) is 9.87. The molecule has 0 fully saturated rings. The van der Waals surface area contributed by atoms with Crippen LogP contribution in [0.25, 0.3) is 10.2 Å². The second kappa shape index (κ2) is 5.66. The minimum absolute atomic E-state index is 0.422. The summed E-state index contributed by atoms with van der Waals surface area (Å²) in [6.07, 6.45) is 0. The van der Waals surface area contributed by atoms with E-state index in [0.29, 0.717) is 5.95 Å². The van der Waals surface area contributed by atoms with Crippen LogP contribution >= 0.6 is 23.1 Å². The van der Waals surface area contributed by atoms with E-state index in [2.05, 4.69) is 15.4 Å². The Labute approximate surface area is 124 Å². The molecule has 0 radical (unpaired) electrons. The molecule has 0 saturated carbocycles. The van der Waals surface area contributed by atoms with Crippen molar-refractivity contribution in [3.63, 3.8) is 0 Å². The maximum atomic E-state index is 5.42. The fourth-order valence-electron chi connectivity index (χ4n) is 1.75. The maximum Gasteiger partial charge on any atom is 0.239 e. The van der Waals surface area contributed by atoms with Gasteiger partial charge in [0.1, 0.15) is 15.6 Å². The molecule has 3 aromatic rings. The van der Waals surface area contributed by atoms with Crippen molar-refractivity contribution in [2.24, 2.45) is 5.84 Å². The highest BCUT2D eigenvalue weighted by molar-refractivity contribution is 7.99. The standard InChI is InChI=1S/C13H12N4OS2/c1-18-8-3-2-4-9(7-8)20-12-10-5-6-19-11(10)15-13(16-12)17-14/h2-7H,14H2,1H3,(H,15,16,17). The molecule has 0 spiro atoms. The summed E-state index contributed by atoms with van der Waals surface area (Å²) in [5.74, 6) is 6.66. The molecule has 3 N–H and O–H groups in total. The van der Waals surface area contributed by atoms with Crippen LogP contribution in [-0.4, -0.2) is 17.1 Å². The SMILES string of the molecule is COc1cccc(Sc2nc(NN)nc3sccc23)c1. The van der Waals surface area contributed by atoms with E-state index >= 15 is 0 Å². The van der Waals surface area contributed by atoms with Crippen molar-refractivity contribution in [1.82, 2.24) is 9.97 Å². The predicted octanol–water partition coefficient (Wildman–Crippen LogP) is 3.14. The molecule has 0 aliphatic heterocycles. The lowest BCUT2D eigenvalue weighted by molar-refractivity contribution is 0.413. The zero-order valence-corrected chi connectivity index (χ0v) is 12.3. The second-order valence-electron chi connectivity index (χ2n) is 3.92. The van der Waals surface area contributed by atoms with Gasteiger partial charge in [0.15, 0.2) is 0 Å². The smallest absolute Gasteiger partial charge is 0.239 e. The van der Waals surface area contributed by atoms with Gasteiger partial charge in [-0.25, -0.2) is 15.8 Å². The van der Waals surface area contributed by atoms with Gasteiger partial charge in [-0.1, -0.05) is 17.8 Å². The first kappa shape index (κ1) is 13.2. The molecule has 3 rings (SSSR count). The average Bonchev–Trinajstić information content (AvgIpc) is 2.96. The van der Waals surface area contributed by atoms with E-state index in [0.717, 1.165) is 25.9 Å². The molecule has 7 heteroatoms. The number of hydrazine groups is 1. The fourth-order valence-corrected chi connectivity index (χ4v) is 3.53. The van der Waals surface area contributed by atoms with Crippen LogP contribution in [0.1, 0.15) is 0 Å². The minimum Gasteiger partial charge on any atom is -0.497 e. The number of thiophene rings is 1. The molecule has 0 amide bonds. The number of nitrogens with one attached hydrogen (secondary N) is 1.